The number of pyridine rings is 1. The molecule has 0 aromatic carbocycles. The zero-order valence-corrected chi connectivity index (χ0v) is 11.2. The highest BCUT2D eigenvalue weighted by molar-refractivity contribution is 5.77. The van der Waals surface area contributed by atoms with Gasteiger partial charge in [-0.15, -0.1) is 0 Å². The van der Waals surface area contributed by atoms with Crippen molar-refractivity contribution in [2.45, 2.75) is 38.6 Å². The molecule has 1 aromatic heterocycles. The van der Waals surface area contributed by atoms with Gasteiger partial charge in [0.1, 0.15) is 17.9 Å². The third kappa shape index (κ3) is 2.53. The Morgan fingerprint density at radius 2 is 2.21 bits per heavy atom. The molecule has 0 amide bonds. The Morgan fingerprint density at radius 3 is 2.84 bits per heavy atom. The summed E-state index contributed by atoms with van der Waals surface area (Å²) in [5.41, 5.74) is 2.59. The predicted molar refractivity (Wildman–Crippen MR) is 71.1 cm³/mol. The highest BCUT2D eigenvalue weighted by Gasteiger charge is 2.23. The quantitative estimate of drug-likeness (QED) is 0.894. The lowest BCUT2D eigenvalue weighted by Crippen LogP contribution is -2.37. The Kier molecular flexibility index (Phi) is 3.70. The Morgan fingerprint density at radius 1 is 1.53 bits per heavy atom. The van der Waals surface area contributed by atoms with Crippen LogP contribution in [0.4, 0.5) is 5.82 Å². The summed E-state index contributed by atoms with van der Waals surface area (Å²) >= 11 is 0. The first-order valence-electron chi connectivity index (χ1n) is 6.43. The van der Waals surface area contributed by atoms with Crippen LogP contribution in [0.3, 0.4) is 0 Å². The smallest absolute Gasteiger partial charge is 0.326 e. The van der Waals surface area contributed by atoms with Crippen LogP contribution in [0.25, 0.3) is 0 Å². The van der Waals surface area contributed by atoms with Gasteiger partial charge < -0.3 is 10.0 Å². The molecule has 0 bridgehead atoms. The molecule has 19 heavy (non-hydrogen) atoms. The molecule has 1 atom stereocenters. The van der Waals surface area contributed by atoms with Gasteiger partial charge in [0.25, 0.3) is 0 Å². The molecule has 1 unspecified atom stereocenters. The maximum atomic E-state index is 11.1. The summed E-state index contributed by atoms with van der Waals surface area (Å²) in [5, 5.41) is 18.3. The number of carboxylic acids is 1. The average Bonchev–Trinajstić information content (AvgIpc) is 2.44. The fraction of sp³-hybridized carbons (Fsp3) is 0.500. The second-order valence-corrected chi connectivity index (χ2v) is 4.91. The van der Waals surface area contributed by atoms with Gasteiger partial charge in [-0.3, -0.25) is 0 Å². The number of likely N-dealkylation sites (N-methyl/N-ethyl adjacent to an activating group) is 1. The lowest BCUT2D eigenvalue weighted by molar-refractivity contribution is -0.138. The number of aryl methyl sites for hydroxylation is 2. The van der Waals surface area contributed by atoms with Crippen molar-refractivity contribution in [3.05, 3.63) is 22.9 Å². The van der Waals surface area contributed by atoms with Gasteiger partial charge in [-0.2, -0.15) is 5.26 Å². The number of rotatable bonds is 3. The highest BCUT2D eigenvalue weighted by atomic mass is 16.4. The molecule has 0 saturated heterocycles. The molecular formula is C14H17N3O2. The van der Waals surface area contributed by atoms with Crippen LogP contribution in [0.2, 0.25) is 0 Å². The van der Waals surface area contributed by atoms with Crippen molar-refractivity contribution in [1.82, 2.24) is 4.98 Å². The van der Waals surface area contributed by atoms with Crippen molar-refractivity contribution in [1.29, 1.82) is 5.26 Å². The van der Waals surface area contributed by atoms with E-state index >= 15 is 0 Å². The van der Waals surface area contributed by atoms with Crippen molar-refractivity contribution in [3.63, 3.8) is 0 Å². The fourth-order valence-electron chi connectivity index (χ4n) is 2.32. The minimum atomic E-state index is -0.925. The molecule has 1 N–H and O–H groups in total. The van der Waals surface area contributed by atoms with E-state index in [1.165, 1.54) is 0 Å². The van der Waals surface area contributed by atoms with Crippen LogP contribution in [-0.2, 0) is 17.6 Å². The molecule has 5 heteroatoms. The maximum Gasteiger partial charge on any atom is 0.326 e. The molecule has 0 spiro atoms. The molecule has 0 radical (unpaired) electrons. The van der Waals surface area contributed by atoms with Crippen LogP contribution < -0.4 is 4.90 Å². The summed E-state index contributed by atoms with van der Waals surface area (Å²) in [6, 6.07) is 3.28. The van der Waals surface area contributed by atoms with Gasteiger partial charge in [0.2, 0.25) is 0 Å². The van der Waals surface area contributed by atoms with E-state index in [0.29, 0.717) is 11.4 Å². The van der Waals surface area contributed by atoms with Gasteiger partial charge in [0.15, 0.2) is 0 Å². The minimum absolute atomic E-state index is 0.455. The number of anilines is 1. The van der Waals surface area contributed by atoms with Crippen LogP contribution in [0, 0.1) is 11.3 Å². The lowest BCUT2D eigenvalue weighted by Gasteiger charge is -2.25. The normalized spacial score (nSPS) is 15.2. The lowest BCUT2D eigenvalue weighted by atomic mass is 9.95. The highest BCUT2D eigenvalue weighted by Crippen LogP contribution is 2.26. The summed E-state index contributed by atoms with van der Waals surface area (Å²) in [7, 11) is 1.66. The maximum absolute atomic E-state index is 11.1. The molecule has 5 nitrogen and oxygen atoms in total. The number of hydrogen-bond acceptors (Lipinski definition) is 4. The van der Waals surface area contributed by atoms with E-state index in [2.05, 4.69) is 11.1 Å². The van der Waals surface area contributed by atoms with Crippen molar-refractivity contribution in [3.8, 4) is 6.07 Å². The van der Waals surface area contributed by atoms with Crippen molar-refractivity contribution in [2.75, 3.05) is 11.9 Å². The first-order valence-corrected chi connectivity index (χ1v) is 6.43. The van der Waals surface area contributed by atoms with Gasteiger partial charge >= 0.3 is 5.97 Å². The van der Waals surface area contributed by atoms with Crippen LogP contribution >= 0.6 is 0 Å². The molecule has 1 aromatic rings. The SMILES string of the molecule is CC(C(=O)O)N(C)c1nc2c(cc1C#N)CCCC2. The fourth-order valence-corrected chi connectivity index (χ4v) is 2.32. The number of hydrogen-bond donors (Lipinski definition) is 1. The summed E-state index contributed by atoms with van der Waals surface area (Å²) in [5.74, 6) is -0.455. The van der Waals surface area contributed by atoms with E-state index in [1.54, 1.807) is 18.9 Å². The van der Waals surface area contributed by atoms with Gasteiger partial charge in [-0.1, -0.05) is 0 Å². The summed E-state index contributed by atoms with van der Waals surface area (Å²) < 4.78 is 0. The number of carboxylic acid groups (broad SMARTS) is 1. The number of carbonyl (C=O) groups is 1. The Hall–Kier alpha value is -2.09. The zero-order chi connectivity index (χ0) is 14.0. The van der Waals surface area contributed by atoms with E-state index in [9.17, 15) is 10.1 Å². The average molecular weight is 259 g/mol. The Bertz CT molecular complexity index is 548. The Labute approximate surface area is 112 Å². The zero-order valence-electron chi connectivity index (χ0n) is 11.2. The van der Waals surface area contributed by atoms with Crippen LogP contribution in [0.1, 0.15) is 36.6 Å². The standard InChI is InChI=1S/C14H17N3O2/c1-9(14(18)19)17(2)13-11(8-15)7-10-5-3-4-6-12(10)16-13/h7,9H,3-6H2,1-2H3,(H,18,19). The third-order valence-electron chi connectivity index (χ3n) is 3.67. The number of aliphatic carboxylic acids is 1. The van der Waals surface area contributed by atoms with Crippen molar-refractivity contribution in [2.24, 2.45) is 0 Å². The second-order valence-electron chi connectivity index (χ2n) is 4.91. The van der Waals surface area contributed by atoms with E-state index in [4.69, 9.17) is 5.11 Å². The number of aromatic nitrogens is 1. The van der Waals surface area contributed by atoms with Crippen molar-refractivity contribution < 1.29 is 9.90 Å². The third-order valence-corrected chi connectivity index (χ3v) is 3.67. The second kappa shape index (κ2) is 5.27. The first kappa shape index (κ1) is 13.3. The van der Waals surface area contributed by atoms with Gasteiger partial charge in [-0.05, 0) is 44.2 Å². The molecule has 1 aliphatic carbocycles. The first-order chi connectivity index (χ1) is 9.04. The van der Waals surface area contributed by atoms with Crippen molar-refractivity contribution >= 4 is 11.8 Å². The minimum Gasteiger partial charge on any atom is -0.480 e. The van der Waals surface area contributed by atoms with E-state index in [0.717, 1.165) is 36.9 Å². The number of nitriles is 1. The topological polar surface area (TPSA) is 77.2 Å². The molecule has 1 aliphatic rings. The predicted octanol–water partition coefficient (Wildman–Crippen LogP) is 1.74. The number of nitrogens with zero attached hydrogens (tertiary/aromatic N) is 3. The molecule has 100 valence electrons. The van der Waals surface area contributed by atoms with Gasteiger partial charge in [0.05, 0.1) is 5.56 Å². The van der Waals surface area contributed by atoms with E-state index < -0.39 is 12.0 Å². The summed E-state index contributed by atoms with van der Waals surface area (Å²) in [6.07, 6.45) is 4.09. The number of fused-ring (bicyclic) bond motifs is 1. The van der Waals surface area contributed by atoms with Gasteiger partial charge in [-0.25, -0.2) is 9.78 Å². The molecule has 0 saturated carbocycles. The molecule has 1 heterocycles. The Balaban J connectivity index is 2.44. The van der Waals surface area contributed by atoms with Crippen LogP contribution in [-0.4, -0.2) is 29.1 Å². The van der Waals surface area contributed by atoms with Crippen LogP contribution in [0.15, 0.2) is 6.07 Å². The molecule has 2 rings (SSSR count). The van der Waals surface area contributed by atoms with E-state index in [1.807, 2.05) is 6.07 Å². The molecular weight excluding hydrogens is 242 g/mol. The summed E-state index contributed by atoms with van der Waals surface area (Å²) in [4.78, 5) is 17.1. The molecule has 0 aliphatic heterocycles. The monoisotopic (exact) mass is 259 g/mol. The van der Waals surface area contributed by atoms with E-state index in [-0.39, 0.29) is 0 Å². The summed E-state index contributed by atoms with van der Waals surface area (Å²) in [6.45, 7) is 1.59. The van der Waals surface area contributed by atoms with Crippen LogP contribution in [0.5, 0.6) is 0 Å². The largest absolute Gasteiger partial charge is 0.480 e. The molecule has 0 fully saturated rings. The van der Waals surface area contributed by atoms with Gasteiger partial charge in [0, 0.05) is 12.7 Å².